The van der Waals surface area contributed by atoms with Crippen molar-refractivity contribution in [2.75, 3.05) is 6.54 Å². The van der Waals surface area contributed by atoms with Gasteiger partial charge in [0.1, 0.15) is 0 Å². The molecule has 3 aliphatic rings. The van der Waals surface area contributed by atoms with Crippen LogP contribution in [0.25, 0.3) is 0 Å². The van der Waals surface area contributed by atoms with Gasteiger partial charge in [0.15, 0.2) is 11.5 Å². The van der Waals surface area contributed by atoms with Crippen LogP contribution in [-0.4, -0.2) is 34.2 Å². The SMILES string of the molecule is Cc1cc(C)c(CN2CCc3c(C)c4c(c(C)c3C2=O)OC(C)(C2CCC(N)CC2)O4)c(=O)[nH]1. The van der Waals surface area contributed by atoms with Crippen LogP contribution in [-0.2, 0) is 13.0 Å². The number of aryl methyl sites for hydroxylation is 2. The van der Waals surface area contributed by atoms with Gasteiger partial charge >= 0.3 is 0 Å². The Hall–Kier alpha value is -2.80. The molecule has 7 heteroatoms. The third-order valence-corrected chi connectivity index (χ3v) is 8.12. The van der Waals surface area contributed by atoms with E-state index in [0.717, 1.165) is 65.8 Å². The van der Waals surface area contributed by atoms with E-state index in [2.05, 4.69) is 4.98 Å². The average Bonchev–Trinajstić information content (AvgIpc) is 3.15. The van der Waals surface area contributed by atoms with E-state index in [9.17, 15) is 9.59 Å². The minimum Gasteiger partial charge on any atom is -0.448 e. The van der Waals surface area contributed by atoms with Crippen LogP contribution in [0.5, 0.6) is 11.5 Å². The second-order valence-corrected chi connectivity index (χ2v) is 10.5. The summed E-state index contributed by atoms with van der Waals surface area (Å²) >= 11 is 0. The van der Waals surface area contributed by atoms with Crippen LogP contribution in [0, 0.1) is 33.6 Å². The molecule has 1 fully saturated rings. The topological polar surface area (TPSA) is 97.7 Å². The fraction of sp³-hybridized carbons (Fsp3) is 0.556. The summed E-state index contributed by atoms with van der Waals surface area (Å²) < 4.78 is 13.0. The van der Waals surface area contributed by atoms with E-state index >= 15 is 0 Å². The molecule has 182 valence electrons. The number of carbonyl (C=O) groups excluding carboxylic acids is 1. The Kier molecular flexibility index (Phi) is 5.51. The molecule has 1 aliphatic carbocycles. The zero-order valence-corrected chi connectivity index (χ0v) is 20.8. The fourth-order valence-electron chi connectivity index (χ4n) is 6.02. The van der Waals surface area contributed by atoms with Gasteiger partial charge in [0.25, 0.3) is 17.3 Å². The van der Waals surface area contributed by atoms with Gasteiger partial charge < -0.3 is 25.1 Å². The predicted octanol–water partition coefficient (Wildman–Crippen LogP) is 3.81. The zero-order chi connectivity index (χ0) is 24.4. The number of nitrogens with one attached hydrogen (secondary N) is 1. The number of fused-ring (bicyclic) bond motifs is 2. The molecule has 34 heavy (non-hydrogen) atoms. The molecule has 1 saturated carbocycles. The molecule has 2 aromatic rings. The molecule has 1 amide bonds. The molecule has 0 saturated heterocycles. The van der Waals surface area contributed by atoms with Crippen molar-refractivity contribution >= 4 is 5.91 Å². The van der Waals surface area contributed by atoms with E-state index in [-0.39, 0.29) is 23.4 Å². The number of aromatic amines is 1. The maximum Gasteiger partial charge on any atom is 0.254 e. The summed E-state index contributed by atoms with van der Waals surface area (Å²) in [7, 11) is 0. The quantitative estimate of drug-likeness (QED) is 0.718. The third kappa shape index (κ3) is 3.61. The first-order valence-corrected chi connectivity index (χ1v) is 12.4. The molecular formula is C27H35N3O4. The lowest BCUT2D eigenvalue weighted by molar-refractivity contribution is -0.121. The molecule has 2 aliphatic heterocycles. The average molecular weight is 466 g/mol. The van der Waals surface area contributed by atoms with Gasteiger partial charge in [-0.1, -0.05) is 0 Å². The number of H-pyrrole nitrogens is 1. The summed E-state index contributed by atoms with van der Waals surface area (Å²) in [5.74, 6) is 0.939. The molecule has 3 heterocycles. The van der Waals surface area contributed by atoms with Gasteiger partial charge in [0.05, 0.1) is 6.54 Å². The molecule has 1 unspecified atom stereocenters. The molecule has 0 spiro atoms. The summed E-state index contributed by atoms with van der Waals surface area (Å²) in [6.45, 7) is 10.7. The molecule has 1 aromatic carbocycles. The molecule has 3 N–H and O–H groups in total. The molecule has 5 rings (SSSR count). The first-order chi connectivity index (χ1) is 16.1. The molecular weight excluding hydrogens is 430 g/mol. The minimum atomic E-state index is -0.739. The van der Waals surface area contributed by atoms with E-state index in [1.807, 2.05) is 40.7 Å². The lowest BCUT2D eigenvalue weighted by Gasteiger charge is -2.36. The number of nitrogens with two attached hydrogens (primary N) is 1. The molecule has 1 atom stereocenters. The predicted molar refractivity (Wildman–Crippen MR) is 130 cm³/mol. The lowest BCUT2D eigenvalue weighted by Crippen LogP contribution is -2.46. The van der Waals surface area contributed by atoms with Gasteiger partial charge in [-0.2, -0.15) is 0 Å². The van der Waals surface area contributed by atoms with Gasteiger partial charge in [0.2, 0.25) is 0 Å². The van der Waals surface area contributed by atoms with Gasteiger partial charge in [-0.25, -0.2) is 0 Å². The second-order valence-electron chi connectivity index (χ2n) is 10.5. The van der Waals surface area contributed by atoms with Crippen LogP contribution < -0.4 is 20.8 Å². The van der Waals surface area contributed by atoms with Crippen LogP contribution in [0.1, 0.15) is 76.5 Å². The number of rotatable bonds is 3. The van der Waals surface area contributed by atoms with Crippen molar-refractivity contribution in [2.45, 2.75) is 85.1 Å². The van der Waals surface area contributed by atoms with Crippen LogP contribution in [0.15, 0.2) is 10.9 Å². The highest BCUT2D eigenvalue weighted by Crippen LogP contribution is 2.51. The summed E-state index contributed by atoms with van der Waals surface area (Å²) in [4.78, 5) is 30.9. The van der Waals surface area contributed by atoms with Crippen LogP contribution >= 0.6 is 0 Å². The van der Waals surface area contributed by atoms with Crippen LogP contribution in [0.4, 0.5) is 0 Å². The van der Waals surface area contributed by atoms with Crippen molar-refractivity contribution < 1.29 is 14.3 Å². The monoisotopic (exact) mass is 465 g/mol. The number of hydrogen-bond donors (Lipinski definition) is 2. The Labute approximate surface area is 200 Å². The Morgan fingerprint density at radius 1 is 1.06 bits per heavy atom. The first kappa shape index (κ1) is 23.0. The molecule has 0 radical (unpaired) electrons. The van der Waals surface area contributed by atoms with E-state index in [4.69, 9.17) is 15.2 Å². The Morgan fingerprint density at radius 3 is 2.35 bits per heavy atom. The van der Waals surface area contributed by atoms with Crippen molar-refractivity contribution in [1.82, 2.24) is 9.88 Å². The Bertz CT molecular complexity index is 1230. The Balaban J connectivity index is 1.47. The van der Waals surface area contributed by atoms with E-state index < -0.39 is 5.79 Å². The third-order valence-electron chi connectivity index (χ3n) is 8.12. The number of carbonyl (C=O) groups is 1. The number of benzene rings is 1. The van der Waals surface area contributed by atoms with Gasteiger partial charge in [-0.15, -0.1) is 0 Å². The fourth-order valence-corrected chi connectivity index (χ4v) is 6.02. The number of pyridine rings is 1. The first-order valence-electron chi connectivity index (χ1n) is 12.4. The van der Waals surface area contributed by atoms with Crippen molar-refractivity contribution in [1.29, 1.82) is 0 Å². The number of hydrogen-bond acceptors (Lipinski definition) is 5. The number of ether oxygens (including phenoxy) is 2. The minimum absolute atomic E-state index is 0.0510. The highest BCUT2D eigenvalue weighted by Gasteiger charge is 2.48. The van der Waals surface area contributed by atoms with Gasteiger partial charge in [-0.3, -0.25) is 9.59 Å². The van der Waals surface area contributed by atoms with Crippen molar-refractivity contribution in [2.24, 2.45) is 11.7 Å². The van der Waals surface area contributed by atoms with Gasteiger partial charge in [-0.05, 0) is 82.6 Å². The van der Waals surface area contributed by atoms with Crippen LogP contribution in [0.3, 0.4) is 0 Å². The summed E-state index contributed by atoms with van der Waals surface area (Å²) in [6, 6.07) is 2.21. The van der Waals surface area contributed by atoms with Crippen molar-refractivity contribution in [3.8, 4) is 11.5 Å². The number of aromatic nitrogens is 1. The maximum absolute atomic E-state index is 13.7. The number of amides is 1. The van der Waals surface area contributed by atoms with E-state index in [0.29, 0.717) is 30.0 Å². The zero-order valence-electron chi connectivity index (χ0n) is 20.8. The van der Waals surface area contributed by atoms with Crippen molar-refractivity contribution in [3.63, 3.8) is 0 Å². The molecule has 0 bridgehead atoms. The van der Waals surface area contributed by atoms with E-state index in [1.54, 1.807) is 4.90 Å². The Morgan fingerprint density at radius 2 is 1.71 bits per heavy atom. The normalized spacial score (nSPS) is 26.1. The largest absolute Gasteiger partial charge is 0.448 e. The maximum atomic E-state index is 13.7. The molecule has 1 aromatic heterocycles. The van der Waals surface area contributed by atoms with E-state index in [1.165, 1.54) is 0 Å². The van der Waals surface area contributed by atoms with Gasteiger partial charge in [0, 0.05) is 47.8 Å². The van der Waals surface area contributed by atoms with Crippen LogP contribution in [0.2, 0.25) is 0 Å². The summed E-state index contributed by atoms with van der Waals surface area (Å²) in [5, 5.41) is 0. The summed E-state index contributed by atoms with van der Waals surface area (Å²) in [6.07, 6.45) is 4.62. The lowest BCUT2D eigenvalue weighted by atomic mass is 9.81. The standard InChI is InChI=1S/C27H35N3O4/c1-14-12-15(2)29-25(31)21(14)13-30-11-10-20-16(3)23-24(17(4)22(20)26(30)32)34-27(5,33-23)18-6-8-19(28)9-7-18/h12,18-19H,6-11,13,28H2,1-5H3,(H,29,31). The number of nitrogens with zero attached hydrogens (tertiary/aromatic N) is 1. The smallest absolute Gasteiger partial charge is 0.254 e. The molecule has 7 nitrogen and oxygen atoms in total. The van der Waals surface area contributed by atoms with Crippen molar-refractivity contribution in [3.05, 3.63) is 55.5 Å². The second kappa shape index (κ2) is 8.15. The summed E-state index contributed by atoms with van der Waals surface area (Å²) in [5.41, 5.74) is 11.9. The highest BCUT2D eigenvalue weighted by molar-refractivity contribution is 6.00. The highest BCUT2D eigenvalue weighted by atomic mass is 16.7.